The van der Waals surface area contributed by atoms with Gasteiger partial charge in [-0.05, 0) is 0 Å². The molecule has 0 saturated carbocycles. The van der Waals surface area contributed by atoms with Crippen molar-refractivity contribution in [2.75, 3.05) is 18.0 Å². The van der Waals surface area contributed by atoms with E-state index in [9.17, 15) is 18.0 Å². The molecule has 1 saturated heterocycles. The van der Waals surface area contributed by atoms with Crippen LogP contribution in [0.15, 0.2) is 12.1 Å². The van der Waals surface area contributed by atoms with E-state index in [4.69, 9.17) is 0 Å². The summed E-state index contributed by atoms with van der Waals surface area (Å²) in [7, 11) is 0. The Morgan fingerprint density at radius 3 is 2.35 bits per heavy atom. The number of piperidine rings is 1. The lowest BCUT2D eigenvalue weighted by atomic mass is 9.98. The molecule has 0 radical (unpaired) electrons. The number of carbonyl (C=O) groups is 1. The second-order valence-corrected chi connectivity index (χ2v) is 4.28. The molecule has 1 aliphatic rings. The number of nitrogens with zero attached hydrogens (tertiary/aromatic N) is 1. The largest absolute Gasteiger partial charge is 0.366 e. The number of hydrogen-bond donors (Lipinski definition) is 0. The maximum atomic E-state index is 13.5. The fourth-order valence-corrected chi connectivity index (χ4v) is 2.06. The van der Waals surface area contributed by atoms with E-state index in [1.165, 1.54) is 4.90 Å². The summed E-state index contributed by atoms with van der Waals surface area (Å²) in [5, 5.41) is 0. The molecule has 1 fully saturated rings. The van der Waals surface area contributed by atoms with Gasteiger partial charge in [-0.2, -0.15) is 0 Å². The third kappa shape index (κ3) is 2.28. The number of rotatable bonds is 1. The predicted octanol–water partition coefficient (Wildman–Crippen LogP) is 2.52. The van der Waals surface area contributed by atoms with E-state index in [0.717, 1.165) is 0 Å². The van der Waals surface area contributed by atoms with Crippen molar-refractivity contribution in [1.29, 1.82) is 0 Å². The topological polar surface area (TPSA) is 20.3 Å². The fourth-order valence-electron chi connectivity index (χ4n) is 2.06. The Labute approximate surface area is 97.0 Å². The molecular weight excluding hydrogens is 231 g/mol. The third-order valence-corrected chi connectivity index (χ3v) is 2.97. The highest BCUT2D eigenvalue weighted by atomic mass is 19.1. The van der Waals surface area contributed by atoms with Crippen molar-refractivity contribution < 1.29 is 18.0 Å². The van der Waals surface area contributed by atoms with Crippen LogP contribution < -0.4 is 4.90 Å². The molecule has 5 heteroatoms. The van der Waals surface area contributed by atoms with Crippen LogP contribution in [-0.4, -0.2) is 18.9 Å². The standard InChI is InChI=1S/C12H12F3NO/c1-7-6-16(3-2-11(7)17)12-9(14)4-8(13)5-10(12)15/h4-5,7H,2-3,6H2,1H3. The summed E-state index contributed by atoms with van der Waals surface area (Å²) in [5.74, 6) is -2.96. The molecule has 2 rings (SSSR count). The van der Waals surface area contributed by atoms with Crippen LogP contribution in [0.3, 0.4) is 0 Å². The van der Waals surface area contributed by atoms with E-state index in [-0.39, 0.29) is 36.9 Å². The summed E-state index contributed by atoms with van der Waals surface area (Å²) in [5.41, 5.74) is -0.245. The van der Waals surface area contributed by atoms with Gasteiger partial charge >= 0.3 is 0 Å². The molecule has 0 N–H and O–H groups in total. The Bertz CT molecular complexity index is 438. The van der Waals surface area contributed by atoms with Crippen molar-refractivity contribution in [3.63, 3.8) is 0 Å². The predicted molar refractivity (Wildman–Crippen MR) is 57.3 cm³/mol. The zero-order valence-electron chi connectivity index (χ0n) is 9.34. The zero-order valence-corrected chi connectivity index (χ0v) is 9.34. The first kappa shape index (κ1) is 12.0. The molecule has 1 atom stereocenters. The second kappa shape index (κ2) is 4.39. The van der Waals surface area contributed by atoms with Crippen LogP contribution >= 0.6 is 0 Å². The van der Waals surface area contributed by atoms with E-state index in [1.54, 1.807) is 6.92 Å². The Morgan fingerprint density at radius 1 is 1.24 bits per heavy atom. The summed E-state index contributed by atoms with van der Waals surface area (Å²) < 4.78 is 39.8. The monoisotopic (exact) mass is 243 g/mol. The highest BCUT2D eigenvalue weighted by Gasteiger charge is 2.27. The molecule has 0 aliphatic carbocycles. The van der Waals surface area contributed by atoms with Gasteiger partial charge < -0.3 is 4.90 Å². The van der Waals surface area contributed by atoms with Crippen molar-refractivity contribution in [2.45, 2.75) is 13.3 Å². The maximum Gasteiger partial charge on any atom is 0.152 e. The molecule has 92 valence electrons. The smallest absolute Gasteiger partial charge is 0.152 e. The zero-order chi connectivity index (χ0) is 12.6. The lowest BCUT2D eigenvalue weighted by Gasteiger charge is -2.32. The van der Waals surface area contributed by atoms with Crippen LogP contribution in [0, 0.1) is 23.4 Å². The van der Waals surface area contributed by atoms with E-state index in [2.05, 4.69) is 0 Å². The van der Waals surface area contributed by atoms with Crippen molar-refractivity contribution in [3.8, 4) is 0 Å². The first-order valence-electron chi connectivity index (χ1n) is 5.41. The minimum Gasteiger partial charge on any atom is -0.366 e. The van der Waals surface area contributed by atoms with Crippen molar-refractivity contribution >= 4 is 11.5 Å². The number of halogens is 3. The summed E-state index contributed by atoms with van der Waals surface area (Å²) >= 11 is 0. The van der Waals surface area contributed by atoms with Crippen LogP contribution in [0.2, 0.25) is 0 Å². The van der Waals surface area contributed by atoms with Crippen LogP contribution in [0.4, 0.5) is 18.9 Å². The molecule has 0 bridgehead atoms. The number of anilines is 1. The molecule has 0 spiro atoms. The molecule has 1 aromatic rings. The molecule has 17 heavy (non-hydrogen) atoms. The van der Waals surface area contributed by atoms with Crippen molar-refractivity contribution in [1.82, 2.24) is 0 Å². The van der Waals surface area contributed by atoms with Gasteiger partial charge in [0.25, 0.3) is 0 Å². The van der Waals surface area contributed by atoms with E-state index >= 15 is 0 Å². The SMILES string of the molecule is CC1CN(c2c(F)cc(F)cc2F)CCC1=O. The summed E-state index contributed by atoms with van der Waals surface area (Å²) in [6.45, 7) is 2.24. The van der Waals surface area contributed by atoms with Gasteiger partial charge in [0.05, 0.1) is 0 Å². The molecule has 1 heterocycles. The number of benzene rings is 1. The van der Waals surface area contributed by atoms with E-state index in [0.29, 0.717) is 12.1 Å². The Balaban J connectivity index is 2.32. The average Bonchev–Trinajstić information content (AvgIpc) is 2.21. The van der Waals surface area contributed by atoms with Gasteiger partial charge in [-0.25, -0.2) is 13.2 Å². The highest BCUT2D eigenvalue weighted by Crippen LogP contribution is 2.27. The third-order valence-electron chi connectivity index (χ3n) is 2.97. The number of hydrogen-bond acceptors (Lipinski definition) is 2. The summed E-state index contributed by atoms with van der Waals surface area (Å²) in [6, 6.07) is 1.30. The molecule has 1 aliphatic heterocycles. The van der Waals surface area contributed by atoms with Crippen molar-refractivity contribution in [2.24, 2.45) is 5.92 Å². The van der Waals surface area contributed by atoms with Crippen LogP contribution in [0.1, 0.15) is 13.3 Å². The van der Waals surface area contributed by atoms with Gasteiger partial charge in [0, 0.05) is 37.6 Å². The fraction of sp³-hybridized carbons (Fsp3) is 0.417. The number of carbonyl (C=O) groups excluding carboxylic acids is 1. The number of ketones is 1. The Hall–Kier alpha value is -1.52. The molecule has 2 nitrogen and oxygen atoms in total. The van der Waals surface area contributed by atoms with Crippen LogP contribution in [-0.2, 0) is 4.79 Å². The maximum absolute atomic E-state index is 13.5. The highest BCUT2D eigenvalue weighted by molar-refractivity contribution is 5.83. The van der Waals surface area contributed by atoms with Crippen LogP contribution in [0.5, 0.6) is 0 Å². The minimum absolute atomic E-state index is 0.0872. The lowest BCUT2D eigenvalue weighted by molar-refractivity contribution is -0.122. The molecule has 1 unspecified atom stereocenters. The quantitative estimate of drug-likeness (QED) is 0.755. The van der Waals surface area contributed by atoms with Crippen molar-refractivity contribution in [3.05, 3.63) is 29.6 Å². The van der Waals surface area contributed by atoms with Gasteiger partial charge in [-0.3, -0.25) is 4.79 Å². The van der Waals surface area contributed by atoms with E-state index < -0.39 is 17.5 Å². The van der Waals surface area contributed by atoms with Gasteiger partial charge in [0.2, 0.25) is 0 Å². The molecular formula is C12H12F3NO. The van der Waals surface area contributed by atoms with Gasteiger partial charge in [0.15, 0.2) is 11.6 Å². The average molecular weight is 243 g/mol. The minimum atomic E-state index is -0.940. The Kier molecular flexibility index (Phi) is 3.09. The molecule has 0 amide bonds. The summed E-state index contributed by atoms with van der Waals surface area (Å²) in [4.78, 5) is 12.8. The lowest BCUT2D eigenvalue weighted by Crippen LogP contribution is -2.40. The second-order valence-electron chi connectivity index (χ2n) is 4.28. The van der Waals surface area contributed by atoms with Gasteiger partial charge in [0.1, 0.15) is 17.3 Å². The van der Waals surface area contributed by atoms with Gasteiger partial charge in [-0.15, -0.1) is 0 Å². The van der Waals surface area contributed by atoms with E-state index in [1.807, 2.05) is 0 Å². The first-order chi connectivity index (χ1) is 7.99. The normalized spacial score (nSPS) is 20.8. The van der Waals surface area contributed by atoms with Gasteiger partial charge in [-0.1, -0.05) is 6.92 Å². The number of Topliss-reactive ketones (excluding diaryl/α,β-unsaturated/α-hetero) is 1. The summed E-state index contributed by atoms with van der Waals surface area (Å²) in [6.07, 6.45) is 0.261. The first-order valence-corrected chi connectivity index (χ1v) is 5.41. The Morgan fingerprint density at radius 2 is 1.82 bits per heavy atom. The molecule has 0 aromatic heterocycles. The van der Waals surface area contributed by atoms with Crippen LogP contribution in [0.25, 0.3) is 0 Å². The molecule has 1 aromatic carbocycles.